The molecule has 0 aliphatic heterocycles. The van der Waals surface area contributed by atoms with Crippen LogP contribution in [0.5, 0.6) is 0 Å². The molecule has 0 radical (unpaired) electrons. The maximum absolute atomic E-state index is 11.7. The number of carbonyl (C=O) groups excluding carboxylic acids is 1. The monoisotopic (exact) mass is 239 g/mol. The van der Waals surface area contributed by atoms with Gasteiger partial charge in [0.2, 0.25) is 5.91 Å². The summed E-state index contributed by atoms with van der Waals surface area (Å²) >= 11 is 5.95. The molecule has 1 unspecified atom stereocenters. The van der Waals surface area contributed by atoms with E-state index in [-0.39, 0.29) is 11.9 Å². The summed E-state index contributed by atoms with van der Waals surface area (Å²) in [7, 11) is 0. The van der Waals surface area contributed by atoms with Gasteiger partial charge in [-0.05, 0) is 18.9 Å². The zero-order valence-electron chi connectivity index (χ0n) is 9.74. The first-order valence-electron chi connectivity index (χ1n) is 5.64. The molecule has 1 rings (SSSR count). The van der Waals surface area contributed by atoms with Crippen LogP contribution in [0, 0.1) is 0 Å². The van der Waals surface area contributed by atoms with Gasteiger partial charge in [0, 0.05) is 0 Å². The number of nitrogens with one attached hydrogen (secondary N) is 1. The van der Waals surface area contributed by atoms with Gasteiger partial charge in [0.15, 0.2) is 0 Å². The molecule has 0 saturated carbocycles. The van der Waals surface area contributed by atoms with Crippen LogP contribution in [0.2, 0.25) is 0 Å². The lowest BCUT2D eigenvalue weighted by Crippen LogP contribution is -2.33. The normalized spacial score (nSPS) is 14.2. The second-order valence-electron chi connectivity index (χ2n) is 3.90. The fourth-order valence-corrected chi connectivity index (χ4v) is 1.79. The molecule has 0 heterocycles. The predicted molar refractivity (Wildman–Crippen MR) is 67.5 cm³/mol. The molecule has 2 atom stereocenters. The predicted octanol–water partition coefficient (Wildman–Crippen LogP) is 3.27. The maximum atomic E-state index is 11.7. The van der Waals surface area contributed by atoms with Crippen LogP contribution in [0.4, 0.5) is 0 Å². The molecule has 0 bridgehead atoms. The Morgan fingerprint density at radius 1 is 1.38 bits per heavy atom. The van der Waals surface area contributed by atoms with Crippen LogP contribution in [0.3, 0.4) is 0 Å². The maximum Gasteiger partial charge on any atom is 0.238 e. The van der Waals surface area contributed by atoms with E-state index < -0.39 is 5.38 Å². The van der Waals surface area contributed by atoms with Gasteiger partial charge in [-0.1, -0.05) is 43.7 Å². The molecular formula is C13H18ClNO. The third-order valence-corrected chi connectivity index (χ3v) is 2.90. The van der Waals surface area contributed by atoms with E-state index in [9.17, 15) is 4.79 Å². The van der Waals surface area contributed by atoms with Crippen LogP contribution in [-0.4, -0.2) is 11.3 Å². The molecule has 88 valence electrons. The Kier molecular flexibility index (Phi) is 5.33. The van der Waals surface area contributed by atoms with Gasteiger partial charge in [-0.15, -0.1) is 11.6 Å². The first-order chi connectivity index (χ1) is 7.65. The standard InChI is InChI=1S/C13H18ClNO/c1-3-7-12(14)13(16)15-10(2)11-8-5-4-6-9-11/h4-6,8-10,12H,3,7H2,1-2H3,(H,15,16)/t10-,12?/m0/s1. The van der Waals surface area contributed by atoms with Gasteiger partial charge in [-0.3, -0.25) is 4.79 Å². The van der Waals surface area contributed by atoms with Crippen molar-refractivity contribution in [2.45, 2.75) is 38.1 Å². The van der Waals surface area contributed by atoms with Gasteiger partial charge in [0.25, 0.3) is 0 Å². The van der Waals surface area contributed by atoms with E-state index in [0.29, 0.717) is 0 Å². The van der Waals surface area contributed by atoms with Crippen molar-refractivity contribution in [1.29, 1.82) is 0 Å². The Morgan fingerprint density at radius 3 is 2.56 bits per heavy atom. The molecule has 0 aliphatic rings. The smallest absolute Gasteiger partial charge is 0.238 e. The average Bonchev–Trinajstić information content (AvgIpc) is 2.30. The van der Waals surface area contributed by atoms with Crippen LogP contribution in [-0.2, 0) is 4.79 Å². The molecule has 1 aromatic carbocycles. The van der Waals surface area contributed by atoms with E-state index in [1.807, 2.05) is 44.2 Å². The summed E-state index contributed by atoms with van der Waals surface area (Å²) in [4.78, 5) is 11.7. The molecule has 1 N–H and O–H groups in total. The van der Waals surface area contributed by atoms with Crippen LogP contribution >= 0.6 is 11.6 Å². The lowest BCUT2D eigenvalue weighted by atomic mass is 10.1. The quantitative estimate of drug-likeness (QED) is 0.785. The number of rotatable bonds is 5. The first kappa shape index (κ1) is 13.0. The minimum atomic E-state index is -0.420. The summed E-state index contributed by atoms with van der Waals surface area (Å²) < 4.78 is 0. The Labute approximate surface area is 102 Å². The van der Waals surface area contributed by atoms with Gasteiger partial charge in [0.1, 0.15) is 5.38 Å². The topological polar surface area (TPSA) is 29.1 Å². The zero-order valence-corrected chi connectivity index (χ0v) is 10.5. The summed E-state index contributed by atoms with van der Waals surface area (Å²) in [6, 6.07) is 9.87. The Bertz CT molecular complexity index is 326. The van der Waals surface area contributed by atoms with Crippen LogP contribution in [0.15, 0.2) is 30.3 Å². The molecule has 16 heavy (non-hydrogen) atoms. The second-order valence-corrected chi connectivity index (χ2v) is 4.42. The molecule has 0 aromatic heterocycles. The highest BCUT2D eigenvalue weighted by atomic mass is 35.5. The molecular weight excluding hydrogens is 222 g/mol. The molecule has 3 heteroatoms. The van der Waals surface area contributed by atoms with Crippen LogP contribution in [0.25, 0.3) is 0 Å². The van der Waals surface area contributed by atoms with Crippen molar-refractivity contribution >= 4 is 17.5 Å². The largest absolute Gasteiger partial charge is 0.348 e. The summed E-state index contributed by atoms with van der Waals surface area (Å²) in [6.45, 7) is 3.98. The second kappa shape index (κ2) is 6.54. The lowest BCUT2D eigenvalue weighted by Gasteiger charge is -2.16. The summed E-state index contributed by atoms with van der Waals surface area (Å²) in [6.07, 6.45) is 1.64. The first-order valence-corrected chi connectivity index (χ1v) is 6.08. The number of alkyl halides is 1. The molecule has 1 amide bonds. The Morgan fingerprint density at radius 2 is 2.00 bits per heavy atom. The average molecular weight is 240 g/mol. The minimum absolute atomic E-state index is 0.00630. The molecule has 0 spiro atoms. The van der Waals surface area contributed by atoms with E-state index in [1.54, 1.807) is 0 Å². The van der Waals surface area contributed by atoms with Crippen LogP contribution in [0.1, 0.15) is 38.3 Å². The fraction of sp³-hybridized carbons (Fsp3) is 0.462. The number of carbonyl (C=O) groups is 1. The number of benzene rings is 1. The van der Waals surface area contributed by atoms with E-state index in [1.165, 1.54) is 0 Å². The SMILES string of the molecule is CCCC(Cl)C(=O)N[C@@H](C)c1ccccc1. The third kappa shape index (κ3) is 3.86. The van der Waals surface area contributed by atoms with Crippen molar-refractivity contribution in [3.05, 3.63) is 35.9 Å². The van der Waals surface area contributed by atoms with Gasteiger partial charge < -0.3 is 5.32 Å². The van der Waals surface area contributed by atoms with Crippen LogP contribution < -0.4 is 5.32 Å². The number of hydrogen-bond donors (Lipinski definition) is 1. The Balaban J connectivity index is 2.51. The van der Waals surface area contributed by atoms with Gasteiger partial charge in [-0.2, -0.15) is 0 Å². The van der Waals surface area contributed by atoms with Crippen molar-refractivity contribution in [3.8, 4) is 0 Å². The molecule has 0 fully saturated rings. The van der Waals surface area contributed by atoms with Crippen molar-refractivity contribution in [3.63, 3.8) is 0 Å². The molecule has 0 saturated heterocycles. The van der Waals surface area contributed by atoms with Gasteiger partial charge >= 0.3 is 0 Å². The number of hydrogen-bond acceptors (Lipinski definition) is 1. The lowest BCUT2D eigenvalue weighted by molar-refractivity contribution is -0.121. The highest BCUT2D eigenvalue weighted by Gasteiger charge is 2.16. The van der Waals surface area contributed by atoms with Gasteiger partial charge in [0.05, 0.1) is 6.04 Å². The number of amides is 1. The summed E-state index contributed by atoms with van der Waals surface area (Å²) in [5, 5.41) is 2.49. The van der Waals surface area contributed by atoms with Crippen molar-refractivity contribution < 1.29 is 4.79 Å². The highest BCUT2D eigenvalue weighted by molar-refractivity contribution is 6.30. The van der Waals surface area contributed by atoms with E-state index >= 15 is 0 Å². The summed E-state index contributed by atoms with van der Waals surface area (Å²) in [5.74, 6) is -0.0835. The third-order valence-electron chi connectivity index (χ3n) is 2.48. The molecule has 1 aromatic rings. The van der Waals surface area contributed by atoms with E-state index in [2.05, 4.69) is 5.32 Å². The van der Waals surface area contributed by atoms with Gasteiger partial charge in [-0.25, -0.2) is 0 Å². The minimum Gasteiger partial charge on any atom is -0.348 e. The van der Waals surface area contributed by atoms with Crippen molar-refractivity contribution in [1.82, 2.24) is 5.32 Å². The zero-order chi connectivity index (χ0) is 12.0. The van der Waals surface area contributed by atoms with Crippen molar-refractivity contribution in [2.75, 3.05) is 0 Å². The molecule has 0 aliphatic carbocycles. The van der Waals surface area contributed by atoms with Crippen molar-refractivity contribution in [2.24, 2.45) is 0 Å². The molecule has 2 nitrogen and oxygen atoms in total. The highest BCUT2D eigenvalue weighted by Crippen LogP contribution is 2.13. The summed E-state index contributed by atoms with van der Waals surface area (Å²) in [5.41, 5.74) is 1.09. The van der Waals surface area contributed by atoms with E-state index in [0.717, 1.165) is 18.4 Å². The van der Waals surface area contributed by atoms with E-state index in [4.69, 9.17) is 11.6 Å². The fourth-order valence-electron chi connectivity index (χ4n) is 1.51. The Hall–Kier alpha value is -1.02. The number of halogens is 1.